The average Bonchev–Trinajstić information content (AvgIpc) is 3.09. The number of nitrogens with zero attached hydrogens (tertiary/aromatic N) is 2. The zero-order valence-corrected chi connectivity index (χ0v) is 29.1. The third-order valence-corrected chi connectivity index (χ3v) is 10.8. The number of sulfonamides is 1. The lowest BCUT2D eigenvalue weighted by Gasteiger charge is -2.35. The summed E-state index contributed by atoms with van der Waals surface area (Å²) >= 11 is 3.46. The van der Waals surface area contributed by atoms with E-state index in [0.717, 1.165) is 54.3 Å². The number of nitrogens with one attached hydrogen (secondary N) is 1. The first-order chi connectivity index (χ1) is 23.4. The van der Waals surface area contributed by atoms with Crippen LogP contribution in [0.4, 0.5) is 18.9 Å². The van der Waals surface area contributed by atoms with Gasteiger partial charge in [0.05, 0.1) is 16.1 Å². The molecule has 12 heteroatoms. The molecule has 4 aromatic carbocycles. The predicted molar refractivity (Wildman–Crippen MR) is 186 cm³/mol. The summed E-state index contributed by atoms with van der Waals surface area (Å²) in [5.74, 6) is -1.13. The Kier molecular flexibility index (Phi) is 11.8. The number of halogens is 4. The molecule has 0 aromatic heterocycles. The molecule has 0 bridgehead atoms. The zero-order chi connectivity index (χ0) is 35.0. The van der Waals surface area contributed by atoms with Crippen molar-refractivity contribution in [1.29, 1.82) is 0 Å². The van der Waals surface area contributed by atoms with E-state index in [0.29, 0.717) is 15.9 Å². The number of amides is 2. The number of benzene rings is 4. The van der Waals surface area contributed by atoms with Gasteiger partial charge in [-0.15, -0.1) is 0 Å². The monoisotopic (exact) mass is 755 g/mol. The van der Waals surface area contributed by atoms with E-state index in [-0.39, 0.29) is 35.5 Å². The Morgan fingerprint density at radius 2 is 1.45 bits per heavy atom. The predicted octanol–water partition coefficient (Wildman–Crippen LogP) is 7.75. The van der Waals surface area contributed by atoms with Gasteiger partial charge in [0.25, 0.3) is 10.0 Å². The molecule has 258 valence electrons. The summed E-state index contributed by atoms with van der Waals surface area (Å²) in [6.07, 6.45) is 0.0101. The lowest BCUT2D eigenvalue weighted by atomic mass is 9.94. The third kappa shape index (κ3) is 9.51. The summed E-state index contributed by atoms with van der Waals surface area (Å²) < 4.78 is 71.1. The van der Waals surface area contributed by atoms with Crippen molar-refractivity contribution in [3.05, 3.63) is 130 Å². The first-order valence-corrected chi connectivity index (χ1v) is 18.3. The van der Waals surface area contributed by atoms with E-state index in [1.54, 1.807) is 24.3 Å². The minimum Gasteiger partial charge on any atom is -0.352 e. The van der Waals surface area contributed by atoms with Crippen molar-refractivity contribution >= 4 is 43.5 Å². The van der Waals surface area contributed by atoms with Crippen molar-refractivity contribution < 1.29 is 31.2 Å². The summed E-state index contributed by atoms with van der Waals surface area (Å²) in [6, 6.07) is 26.3. The van der Waals surface area contributed by atoms with Crippen molar-refractivity contribution in [1.82, 2.24) is 10.2 Å². The highest BCUT2D eigenvalue weighted by atomic mass is 79.9. The molecule has 0 heterocycles. The maximum absolute atomic E-state index is 14.6. The SMILES string of the molecule is O=C(NC1CCCCC1)[C@H](Cc1ccccc1)N(Cc1cccc(Br)c1)C(=O)CN(c1cccc(C(F)(F)F)c1)S(=O)(=O)c1ccccc1. The van der Waals surface area contributed by atoms with E-state index < -0.39 is 40.3 Å². The van der Waals surface area contributed by atoms with E-state index in [1.165, 1.54) is 35.2 Å². The third-order valence-electron chi connectivity index (χ3n) is 8.54. The van der Waals surface area contributed by atoms with Crippen molar-refractivity contribution in [3.8, 4) is 0 Å². The van der Waals surface area contributed by atoms with E-state index in [1.807, 2.05) is 36.4 Å². The molecule has 0 radical (unpaired) electrons. The Morgan fingerprint density at radius 1 is 0.816 bits per heavy atom. The molecular formula is C37H37BrF3N3O4S. The van der Waals surface area contributed by atoms with Crippen molar-refractivity contribution in [2.45, 2.75) is 68.2 Å². The molecule has 1 aliphatic rings. The van der Waals surface area contributed by atoms with Gasteiger partial charge in [0.15, 0.2) is 0 Å². The molecule has 0 aliphatic heterocycles. The lowest BCUT2D eigenvalue weighted by Crippen LogP contribution is -2.55. The van der Waals surface area contributed by atoms with E-state index in [2.05, 4.69) is 21.2 Å². The Morgan fingerprint density at radius 3 is 2.10 bits per heavy atom. The molecule has 1 fully saturated rings. The van der Waals surface area contributed by atoms with Crippen LogP contribution in [0.15, 0.2) is 119 Å². The molecule has 2 amide bonds. The van der Waals surface area contributed by atoms with Gasteiger partial charge in [-0.05, 0) is 66.4 Å². The fourth-order valence-corrected chi connectivity index (χ4v) is 7.89. The van der Waals surface area contributed by atoms with Gasteiger partial charge < -0.3 is 10.2 Å². The van der Waals surface area contributed by atoms with Crippen LogP contribution in [0, 0.1) is 0 Å². The summed E-state index contributed by atoms with van der Waals surface area (Å²) in [5, 5.41) is 3.14. The molecule has 0 spiro atoms. The topological polar surface area (TPSA) is 86.8 Å². The molecule has 1 atom stereocenters. The Labute approximate surface area is 293 Å². The molecule has 1 N–H and O–H groups in total. The van der Waals surface area contributed by atoms with Crippen LogP contribution in [-0.4, -0.2) is 43.8 Å². The van der Waals surface area contributed by atoms with Crippen molar-refractivity contribution in [2.75, 3.05) is 10.8 Å². The van der Waals surface area contributed by atoms with Crippen LogP contribution in [0.1, 0.15) is 48.8 Å². The van der Waals surface area contributed by atoms with Gasteiger partial charge in [0, 0.05) is 23.5 Å². The quantitative estimate of drug-likeness (QED) is 0.160. The summed E-state index contributed by atoms with van der Waals surface area (Å²) in [4.78, 5) is 29.9. The largest absolute Gasteiger partial charge is 0.416 e. The standard InChI is InChI=1S/C37H37BrF3N3O4S/c38-30-16-10-14-28(22-30)25-43(34(23-27-12-4-1-5-13-27)36(46)42-31-17-6-2-7-18-31)35(45)26-44(49(47,48)33-20-8-3-9-21-33)32-19-11-15-29(24-32)37(39,40)41/h1,3-5,8-16,19-22,24,31,34H,2,6-7,17-18,23,25-26H2,(H,42,46)/t34-/m0/s1. The van der Waals surface area contributed by atoms with Crippen LogP contribution in [0.2, 0.25) is 0 Å². The average molecular weight is 757 g/mol. The maximum atomic E-state index is 14.6. The Hall–Kier alpha value is -4.16. The molecule has 7 nitrogen and oxygen atoms in total. The molecule has 1 saturated carbocycles. The van der Waals surface area contributed by atoms with Crippen molar-refractivity contribution in [2.24, 2.45) is 0 Å². The van der Waals surface area contributed by atoms with Gasteiger partial charge in [-0.2, -0.15) is 13.2 Å². The second kappa shape index (κ2) is 16.0. The summed E-state index contributed by atoms with van der Waals surface area (Å²) in [5.41, 5.74) is 0.0546. The second-order valence-electron chi connectivity index (χ2n) is 12.1. The smallest absolute Gasteiger partial charge is 0.352 e. The van der Waals surface area contributed by atoms with Crippen molar-refractivity contribution in [3.63, 3.8) is 0 Å². The van der Waals surface area contributed by atoms with Gasteiger partial charge in [-0.1, -0.05) is 102 Å². The summed E-state index contributed by atoms with van der Waals surface area (Å²) in [7, 11) is -4.54. The van der Waals surface area contributed by atoms with Crippen LogP contribution in [0.5, 0.6) is 0 Å². The normalized spacial score (nSPS) is 14.5. The highest BCUT2D eigenvalue weighted by Crippen LogP contribution is 2.33. The second-order valence-corrected chi connectivity index (χ2v) is 14.9. The number of hydrogen-bond acceptors (Lipinski definition) is 4. The minimum atomic E-state index is -4.76. The fourth-order valence-electron chi connectivity index (χ4n) is 6.02. The summed E-state index contributed by atoms with van der Waals surface area (Å²) in [6.45, 7) is -0.912. The molecule has 0 saturated heterocycles. The van der Waals surface area contributed by atoms with Crippen LogP contribution >= 0.6 is 15.9 Å². The fraction of sp³-hybridized carbons (Fsp3) is 0.297. The van der Waals surface area contributed by atoms with Crippen LogP contribution < -0.4 is 9.62 Å². The maximum Gasteiger partial charge on any atom is 0.416 e. The zero-order valence-electron chi connectivity index (χ0n) is 26.7. The minimum absolute atomic E-state index is 0.0598. The molecule has 49 heavy (non-hydrogen) atoms. The molecule has 5 rings (SSSR count). The van der Waals surface area contributed by atoms with Gasteiger partial charge in [0.2, 0.25) is 11.8 Å². The van der Waals surface area contributed by atoms with E-state index in [4.69, 9.17) is 0 Å². The molecule has 0 unspecified atom stereocenters. The number of rotatable bonds is 12. The highest BCUT2D eigenvalue weighted by molar-refractivity contribution is 9.10. The number of carbonyl (C=O) groups excluding carboxylic acids is 2. The lowest BCUT2D eigenvalue weighted by molar-refractivity contribution is -0.140. The molecule has 1 aliphatic carbocycles. The highest BCUT2D eigenvalue weighted by Gasteiger charge is 2.37. The first kappa shape index (κ1) is 36.1. The molecule has 4 aromatic rings. The van der Waals surface area contributed by atoms with Gasteiger partial charge in [-0.3, -0.25) is 13.9 Å². The van der Waals surface area contributed by atoms with Crippen LogP contribution in [-0.2, 0) is 38.8 Å². The van der Waals surface area contributed by atoms with E-state index >= 15 is 0 Å². The number of hydrogen-bond donors (Lipinski definition) is 1. The number of anilines is 1. The number of carbonyl (C=O) groups is 2. The number of alkyl halides is 3. The Bertz CT molecular complexity index is 1840. The Balaban J connectivity index is 1.59. The van der Waals surface area contributed by atoms with Crippen LogP contribution in [0.25, 0.3) is 0 Å². The van der Waals surface area contributed by atoms with E-state index in [9.17, 15) is 31.2 Å². The molecular weight excluding hydrogens is 719 g/mol. The van der Waals surface area contributed by atoms with Gasteiger partial charge in [0.1, 0.15) is 12.6 Å². The van der Waals surface area contributed by atoms with Crippen LogP contribution in [0.3, 0.4) is 0 Å². The van der Waals surface area contributed by atoms with Gasteiger partial charge in [-0.25, -0.2) is 8.42 Å². The van der Waals surface area contributed by atoms with Gasteiger partial charge >= 0.3 is 6.18 Å². The first-order valence-electron chi connectivity index (χ1n) is 16.0.